The second kappa shape index (κ2) is 8.76. The maximum atomic E-state index is 12.7. The summed E-state index contributed by atoms with van der Waals surface area (Å²) in [6, 6.07) is 21.3. The van der Waals surface area contributed by atoms with Gasteiger partial charge < -0.3 is 0 Å². The van der Waals surface area contributed by atoms with Crippen molar-refractivity contribution in [2.75, 3.05) is 26.2 Å². The van der Waals surface area contributed by atoms with Crippen molar-refractivity contribution in [3.63, 3.8) is 0 Å². The fourth-order valence-corrected chi connectivity index (χ4v) is 5.04. The van der Waals surface area contributed by atoms with E-state index in [9.17, 15) is 13.7 Å². The molecule has 0 spiro atoms. The molecule has 0 saturated carbocycles. The molecule has 0 amide bonds. The van der Waals surface area contributed by atoms with E-state index >= 15 is 0 Å². The predicted molar refractivity (Wildman–Crippen MR) is 115 cm³/mol. The van der Waals surface area contributed by atoms with Gasteiger partial charge in [-0.2, -0.15) is 9.57 Å². The highest BCUT2D eigenvalue weighted by atomic mass is 32.2. The SMILES string of the molecule is N#Cc1ccccc1-c1ccc(CN2CCN(S(=O)(=O)c3cccnc3)CC2)cc1. The molecule has 152 valence electrons. The summed E-state index contributed by atoms with van der Waals surface area (Å²) in [7, 11) is -3.48. The molecule has 4 rings (SSSR count). The summed E-state index contributed by atoms with van der Waals surface area (Å²) >= 11 is 0. The average molecular weight is 419 g/mol. The molecule has 1 aromatic heterocycles. The standard InChI is InChI=1S/C23H22N4O2S/c24-16-21-4-1-2-6-23(21)20-9-7-19(8-10-20)18-26-12-14-27(15-13-26)30(28,29)22-5-3-11-25-17-22/h1-11,17H,12-15,18H2. The van der Waals surface area contributed by atoms with Crippen molar-refractivity contribution in [1.82, 2.24) is 14.2 Å². The van der Waals surface area contributed by atoms with Crippen LogP contribution < -0.4 is 0 Å². The number of piperazine rings is 1. The summed E-state index contributed by atoms with van der Waals surface area (Å²) in [6.07, 6.45) is 2.97. The third-order valence-corrected chi connectivity index (χ3v) is 7.20. The third kappa shape index (κ3) is 4.26. The summed E-state index contributed by atoms with van der Waals surface area (Å²) in [5.74, 6) is 0. The minimum absolute atomic E-state index is 0.242. The lowest BCUT2D eigenvalue weighted by atomic mass is 9.99. The lowest BCUT2D eigenvalue weighted by Crippen LogP contribution is -2.48. The molecule has 0 aliphatic carbocycles. The van der Waals surface area contributed by atoms with Gasteiger partial charge in [-0.3, -0.25) is 9.88 Å². The molecule has 0 radical (unpaired) electrons. The van der Waals surface area contributed by atoms with E-state index in [2.05, 4.69) is 28.1 Å². The zero-order chi connectivity index (χ0) is 21.0. The van der Waals surface area contributed by atoms with E-state index in [1.54, 1.807) is 18.3 Å². The van der Waals surface area contributed by atoms with Gasteiger partial charge in [-0.05, 0) is 34.9 Å². The Hall–Kier alpha value is -3.05. The van der Waals surface area contributed by atoms with E-state index in [4.69, 9.17) is 0 Å². The van der Waals surface area contributed by atoms with Crippen molar-refractivity contribution in [3.8, 4) is 17.2 Å². The molecule has 0 bridgehead atoms. The van der Waals surface area contributed by atoms with E-state index in [1.807, 2.05) is 36.4 Å². The predicted octanol–water partition coefficient (Wildman–Crippen LogP) is 3.13. The normalized spacial score (nSPS) is 15.6. The summed E-state index contributed by atoms with van der Waals surface area (Å²) in [5.41, 5.74) is 3.78. The van der Waals surface area contributed by atoms with E-state index < -0.39 is 10.0 Å². The second-order valence-electron chi connectivity index (χ2n) is 7.22. The number of aromatic nitrogens is 1. The van der Waals surface area contributed by atoms with Gasteiger partial charge in [-0.1, -0.05) is 42.5 Å². The molecule has 0 N–H and O–H groups in total. The average Bonchev–Trinajstić information content (AvgIpc) is 2.80. The number of sulfonamides is 1. The molecule has 30 heavy (non-hydrogen) atoms. The Morgan fingerprint density at radius 3 is 2.33 bits per heavy atom. The minimum atomic E-state index is -3.48. The molecule has 2 aromatic carbocycles. The van der Waals surface area contributed by atoms with E-state index in [-0.39, 0.29) is 4.90 Å². The topological polar surface area (TPSA) is 77.3 Å². The lowest BCUT2D eigenvalue weighted by Gasteiger charge is -2.33. The number of nitriles is 1. The number of nitrogens with zero attached hydrogens (tertiary/aromatic N) is 4. The van der Waals surface area contributed by atoms with Crippen LogP contribution >= 0.6 is 0 Å². The summed E-state index contributed by atoms with van der Waals surface area (Å²) in [4.78, 5) is 6.42. The van der Waals surface area contributed by atoms with Crippen molar-refractivity contribution in [3.05, 3.63) is 84.2 Å². The maximum Gasteiger partial charge on any atom is 0.244 e. The Kier molecular flexibility index (Phi) is 5.91. The van der Waals surface area contributed by atoms with Crippen molar-refractivity contribution in [1.29, 1.82) is 5.26 Å². The number of pyridine rings is 1. The Balaban J connectivity index is 1.38. The fraction of sp³-hybridized carbons (Fsp3) is 0.217. The van der Waals surface area contributed by atoms with Gasteiger partial charge in [-0.25, -0.2) is 8.42 Å². The largest absolute Gasteiger partial charge is 0.296 e. The van der Waals surface area contributed by atoms with Gasteiger partial charge in [0.05, 0.1) is 11.6 Å². The van der Waals surface area contributed by atoms with Crippen molar-refractivity contribution in [2.24, 2.45) is 0 Å². The first-order chi connectivity index (χ1) is 14.6. The number of benzene rings is 2. The fourth-order valence-electron chi connectivity index (χ4n) is 3.66. The minimum Gasteiger partial charge on any atom is -0.296 e. The van der Waals surface area contributed by atoms with Gasteiger partial charge >= 0.3 is 0 Å². The molecule has 3 aromatic rings. The quantitative estimate of drug-likeness (QED) is 0.636. The maximum absolute atomic E-state index is 12.7. The molecule has 1 aliphatic heterocycles. The van der Waals surface area contributed by atoms with Gasteiger partial charge in [0.15, 0.2) is 0 Å². The second-order valence-corrected chi connectivity index (χ2v) is 9.16. The van der Waals surface area contributed by atoms with Crippen LogP contribution in [-0.4, -0.2) is 48.8 Å². The molecule has 0 atom stereocenters. The Labute approximate surface area is 177 Å². The molecule has 2 heterocycles. The van der Waals surface area contributed by atoms with Crippen LogP contribution in [0.25, 0.3) is 11.1 Å². The number of hydrogen-bond donors (Lipinski definition) is 0. The smallest absolute Gasteiger partial charge is 0.244 e. The van der Waals surface area contributed by atoms with Gasteiger partial charge in [0.2, 0.25) is 10.0 Å². The van der Waals surface area contributed by atoms with Gasteiger partial charge in [0.1, 0.15) is 4.90 Å². The van der Waals surface area contributed by atoms with Gasteiger partial charge in [0.25, 0.3) is 0 Å². The van der Waals surface area contributed by atoms with Crippen molar-refractivity contribution < 1.29 is 8.42 Å². The first-order valence-corrected chi connectivity index (χ1v) is 11.2. The lowest BCUT2D eigenvalue weighted by molar-refractivity contribution is 0.181. The van der Waals surface area contributed by atoms with Crippen LogP contribution in [0.2, 0.25) is 0 Å². The molecule has 6 nitrogen and oxygen atoms in total. The Morgan fingerprint density at radius 2 is 1.67 bits per heavy atom. The molecular formula is C23H22N4O2S. The first kappa shape index (κ1) is 20.2. The highest BCUT2D eigenvalue weighted by Gasteiger charge is 2.28. The number of rotatable bonds is 5. The number of hydrogen-bond acceptors (Lipinski definition) is 5. The Bertz CT molecular complexity index is 1150. The van der Waals surface area contributed by atoms with Crippen LogP contribution in [0.3, 0.4) is 0 Å². The van der Waals surface area contributed by atoms with Crippen molar-refractivity contribution >= 4 is 10.0 Å². The van der Waals surface area contributed by atoms with Crippen LogP contribution in [0, 0.1) is 11.3 Å². The van der Waals surface area contributed by atoms with E-state index in [1.165, 1.54) is 10.5 Å². The van der Waals surface area contributed by atoms with Gasteiger partial charge in [-0.15, -0.1) is 0 Å². The summed E-state index contributed by atoms with van der Waals surface area (Å²) < 4.78 is 27.0. The van der Waals surface area contributed by atoms with Gasteiger partial charge in [0, 0.05) is 45.1 Å². The van der Waals surface area contributed by atoms with Crippen LogP contribution in [0.4, 0.5) is 0 Å². The molecule has 7 heteroatoms. The van der Waals surface area contributed by atoms with Crippen LogP contribution in [0.15, 0.2) is 78.0 Å². The Morgan fingerprint density at radius 1 is 0.933 bits per heavy atom. The molecule has 1 fully saturated rings. The molecule has 1 aliphatic rings. The summed E-state index contributed by atoms with van der Waals surface area (Å²) in [5, 5.41) is 9.30. The zero-order valence-corrected chi connectivity index (χ0v) is 17.3. The summed E-state index contributed by atoms with van der Waals surface area (Å²) in [6.45, 7) is 3.05. The van der Waals surface area contributed by atoms with E-state index in [0.717, 1.165) is 23.2 Å². The highest BCUT2D eigenvalue weighted by Crippen LogP contribution is 2.24. The van der Waals surface area contributed by atoms with Crippen molar-refractivity contribution in [2.45, 2.75) is 11.4 Å². The van der Waals surface area contributed by atoms with Crippen LogP contribution in [0.5, 0.6) is 0 Å². The zero-order valence-electron chi connectivity index (χ0n) is 16.5. The molecule has 1 saturated heterocycles. The monoisotopic (exact) mass is 418 g/mol. The molecular weight excluding hydrogens is 396 g/mol. The first-order valence-electron chi connectivity index (χ1n) is 9.79. The highest BCUT2D eigenvalue weighted by molar-refractivity contribution is 7.89. The third-order valence-electron chi connectivity index (χ3n) is 5.32. The molecule has 0 unspecified atom stereocenters. The van der Waals surface area contributed by atoms with Crippen LogP contribution in [0.1, 0.15) is 11.1 Å². The van der Waals surface area contributed by atoms with E-state index in [0.29, 0.717) is 31.7 Å². The van der Waals surface area contributed by atoms with Crippen LogP contribution in [-0.2, 0) is 16.6 Å².